The van der Waals surface area contributed by atoms with Crippen molar-refractivity contribution in [2.24, 2.45) is 11.3 Å². The van der Waals surface area contributed by atoms with E-state index in [-0.39, 0.29) is 12.2 Å². The number of rotatable bonds is 7. The molecule has 0 atom stereocenters. The highest BCUT2D eigenvalue weighted by molar-refractivity contribution is 6.11. The van der Waals surface area contributed by atoms with Crippen LogP contribution in [0.4, 0.5) is 0 Å². The summed E-state index contributed by atoms with van der Waals surface area (Å²) in [7, 11) is 0. The van der Waals surface area contributed by atoms with Crippen molar-refractivity contribution in [1.82, 2.24) is 0 Å². The molecule has 0 saturated heterocycles. The Hall–Kier alpha value is -2.91. The van der Waals surface area contributed by atoms with Gasteiger partial charge in [-0.1, -0.05) is 0 Å². The SMILES string of the molecule is O=C(O)C=CC(C(=O)O)(C(=O)O)C(C(=O)O)C(=O)O. The maximum Gasteiger partial charge on any atom is 0.328 e. The van der Waals surface area contributed by atoms with Crippen LogP contribution in [-0.4, -0.2) is 55.4 Å². The van der Waals surface area contributed by atoms with E-state index < -0.39 is 41.2 Å². The van der Waals surface area contributed by atoms with Crippen molar-refractivity contribution >= 4 is 29.8 Å². The Bertz CT molecular complexity index is 445. The Morgan fingerprint density at radius 2 is 1.16 bits per heavy atom. The molecule has 0 aromatic rings. The molecule has 0 saturated carbocycles. The number of carboxylic acids is 5. The van der Waals surface area contributed by atoms with E-state index in [1.807, 2.05) is 0 Å². The van der Waals surface area contributed by atoms with Crippen molar-refractivity contribution in [3.05, 3.63) is 12.2 Å². The molecule has 0 amide bonds. The van der Waals surface area contributed by atoms with Crippen LogP contribution >= 0.6 is 0 Å². The molecular weight excluding hydrogens is 268 g/mol. The summed E-state index contributed by atoms with van der Waals surface area (Å²) in [5.41, 5.74) is -3.43. The van der Waals surface area contributed by atoms with Gasteiger partial charge < -0.3 is 25.5 Å². The minimum atomic E-state index is -3.43. The lowest BCUT2D eigenvalue weighted by atomic mass is 9.74. The van der Waals surface area contributed by atoms with Gasteiger partial charge in [-0.05, 0) is 6.08 Å². The van der Waals surface area contributed by atoms with Crippen LogP contribution in [0.25, 0.3) is 0 Å². The van der Waals surface area contributed by atoms with E-state index in [1.54, 1.807) is 0 Å². The molecule has 0 radical (unpaired) electrons. The van der Waals surface area contributed by atoms with Crippen molar-refractivity contribution < 1.29 is 49.5 Å². The first-order valence-electron chi connectivity index (χ1n) is 4.42. The molecule has 10 nitrogen and oxygen atoms in total. The second kappa shape index (κ2) is 5.62. The average molecular weight is 276 g/mol. The van der Waals surface area contributed by atoms with Gasteiger partial charge in [0.05, 0.1) is 0 Å². The molecule has 0 unspecified atom stereocenters. The number of carbonyl (C=O) groups is 5. The van der Waals surface area contributed by atoms with Gasteiger partial charge in [0.1, 0.15) is 0 Å². The van der Waals surface area contributed by atoms with E-state index in [4.69, 9.17) is 25.5 Å². The first kappa shape index (κ1) is 16.1. The zero-order valence-electron chi connectivity index (χ0n) is 9.01. The summed E-state index contributed by atoms with van der Waals surface area (Å²) in [6, 6.07) is 0. The van der Waals surface area contributed by atoms with E-state index in [2.05, 4.69) is 0 Å². The number of hydrogen-bond acceptors (Lipinski definition) is 5. The summed E-state index contributed by atoms with van der Waals surface area (Å²) >= 11 is 0. The highest BCUT2D eigenvalue weighted by Gasteiger charge is 2.58. The standard InChI is InChI=1S/C9H8O10/c10-3(11)1-2-9(7(16)17,8(18)19)4(5(12)13)6(14)15/h1-2,4H,(H,10,11)(H,12,13)(H,14,15)(H,16,17)(H,18,19). The zero-order valence-corrected chi connectivity index (χ0v) is 9.01. The van der Waals surface area contributed by atoms with Gasteiger partial charge >= 0.3 is 29.8 Å². The number of aliphatic carboxylic acids is 5. The van der Waals surface area contributed by atoms with E-state index in [1.165, 1.54) is 0 Å². The molecule has 0 aromatic heterocycles. The van der Waals surface area contributed by atoms with Crippen LogP contribution in [0.15, 0.2) is 12.2 Å². The van der Waals surface area contributed by atoms with Gasteiger partial charge in [0.2, 0.25) is 5.41 Å². The molecule has 19 heavy (non-hydrogen) atoms. The minimum absolute atomic E-state index is 0.00685. The Morgan fingerprint density at radius 1 is 0.789 bits per heavy atom. The smallest absolute Gasteiger partial charge is 0.328 e. The highest BCUT2D eigenvalue weighted by atomic mass is 16.4. The quantitative estimate of drug-likeness (QED) is 0.272. The molecule has 10 heteroatoms. The van der Waals surface area contributed by atoms with Crippen LogP contribution < -0.4 is 0 Å². The van der Waals surface area contributed by atoms with Crippen LogP contribution in [0.2, 0.25) is 0 Å². The third-order valence-corrected chi connectivity index (χ3v) is 2.15. The lowest BCUT2D eigenvalue weighted by molar-refractivity contribution is -0.178. The number of carboxylic acid groups (broad SMARTS) is 5. The highest BCUT2D eigenvalue weighted by Crippen LogP contribution is 2.32. The topological polar surface area (TPSA) is 186 Å². The van der Waals surface area contributed by atoms with Gasteiger partial charge in [-0.25, -0.2) is 4.79 Å². The van der Waals surface area contributed by atoms with E-state index in [9.17, 15) is 24.0 Å². The van der Waals surface area contributed by atoms with Gasteiger partial charge in [-0.2, -0.15) is 0 Å². The van der Waals surface area contributed by atoms with Crippen LogP contribution in [0.1, 0.15) is 0 Å². The summed E-state index contributed by atoms with van der Waals surface area (Å²) < 4.78 is 0. The second-order valence-electron chi connectivity index (χ2n) is 3.26. The molecule has 5 N–H and O–H groups in total. The van der Waals surface area contributed by atoms with Gasteiger partial charge in [0, 0.05) is 6.08 Å². The first-order valence-corrected chi connectivity index (χ1v) is 4.42. The Morgan fingerprint density at radius 3 is 1.37 bits per heavy atom. The Labute approximate surface area is 104 Å². The van der Waals surface area contributed by atoms with E-state index in [0.717, 1.165) is 0 Å². The monoisotopic (exact) mass is 276 g/mol. The predicted molar refractivity (Wildman–Crippen MR) is 53.2 cm³/mol. The molecule has 0 rings (SSSR count). The largest absolute Gasteiger partial charge is 0.481 e. The third kappa shape index (κ3) is 3.06. The first-order chi connectivity index (χ1) is 8.57. The Kier molecular flexibility index (Phi) is 4.76. The van der Waals surface area contributed by atoms with Gasteiger partial charge in [-0.3, -0.25) is 19.2 Å². The molecule has 0 bridgehead atoms. The van der Waals surface area contributed by atoms with Gasteiger partial charge in [-0.15, -0.1) is 0 Å². The van der Waals surface area contributed by atoms with Crippen LogP contribution in [0.5, 0.6) is 0 Å². The average Bonchev–Trinajstić information content (AvgIpc) is 2.21. The van der Waals surface area contributed by atoms with E-state index in [0.29, 0.717) is 0 Å². The third-order valence-electron chi connectivity index (χ3n) is 2.15. The van der Waals surface area contributed by atoms with Gasteiger partial charge in [0.15, 0.2) is 5.92 Å². The molecular formula is C9H8O10. The van der Waals surface area contributed by atoms with Crippen LogP contribution in [-0.2, 0) is 24.0 Å². The summed E-state index contributed by atoms with van der Waals surface area (Å²) in [5, 5.41) is 43.3. The predicted octanol–water partition coefficient (Wildman–Crippen LogP) is -1.43. The zero-order chi connectivity index (χ0) is 15.4. The molecule has 0 aromatic carbocycles. The molecule has 0 spiro atoms. The normalized spacial score (nSPS) is 11.4. The maximum atomic E-state index is 11.0. The van der Waals surface area contributed by atoms with Crippen LogP contribution in [0, 0.1) is 11.3 Å². The van der Waals surface area contributed by atoms with Crippen molar-refractivity contribution in [2.75, 3.05) is 0 Å². The lowest BCUT2D eigenvalue weighted by Crippen LogP contribution is -2.51. The molecule has 0 aliphatic rings. The van der Waals surface area contributed by atoms with Crippen molar-refractivity contribution in [1.29, 1.82) is 0 Å². The molecule has 0 aliphatic carbocycles. The summed E-state index contributed by atoms with van der Waals surface area (Å²) in [5.74, 6) is -13.7. The molecule has 0 aliphatic heterocycles. The van der Waals surface area contributed by atoms with Crippen molar-refractivity contribution in [3.63, 3.8) is 0 Å². The van der Waals surface area contributed by atoms with Crippen molar-refractivity contribution in [3.8, 4) is 0 Å². The second-order valence-corrected chi connectivity index (χ2v) is 3.26. The number of hydrogen-bond donors (Lipinski definition) is 5. The van der Waals surface area contributed by atoms with Crippen LogP contribution in [0.3, 0.4) is 0 Å². The lowest BCUT2D eigenvalue weighted by Gasteiger charge is -2.24. The fraction of sp³-hybridized carbons (Fsp3) is 0.222. The minimum Gasteiger partial charge on any atom is -0.481 e. The maximum absolute atomic E-state index is 11.0. The summed E-state index contributed by atoms with van der Waals surface area (Å²) in [6.07, 6.45) is 0.0635. The fourth-order valence-corrected chi connectivity index (χ4v) is 1.28. The Balaban J connectivity index is 6.20. The molecule has 104 valence electrons. The van der Waals surface area contributed by atoms with Gasteiger partial charge in [0.25, 0.3) is 0 Å². The van der Waals surface area contributed by atoms with E-state index >= 15 is 0 Å². The van der Waals surface area contributed by atoms with Crippen molar-refractivity contribution in [2.45, 2.75) is 0 Å². The molecule has 0 fully saturated rings. The fourth-order valence-electron chi connectivity index (χ4n) is 1.28. The summed E-state index contributed by atoms with van der Waals surface area (Å²) in [6.45, 7) is 0. The molecule has 0 heterocycles. The summed E-state index contributed by atoms with van der Waals surface area (Å²) in [4.78, 5) is 53.7.